The van der Waals surface area contributed by atoms with Crippen LogP contribution in [0.2, 0.25) is 5.02 Å². The summed E-state index contributed by atoms with van der Waals surface area (Å²) in [4.78, 5) is 27.9. The molecule has 8 heteroatoms. The van der Waals surface area contributed by atoms with Crippen LogP contribution in [0.15, 0.2) is 30.3 Å². The molecule has 3 heterocycles. The Labute approximate surface area is 197 Å². The van der Waals surface area contributed by atoms with Gasteiger partial charge >= 0.3 is 12.1 Å². The number of para-hydroxylation sites is 1. The van der Waals surface area contributed by atoms with Crippen molar-refractivity contribution in [1.82, 2.24) is 9.80 Å². The van der Waals surface area contributed by atoms with E-state index < -0.39 is 18.1 Å². The second kappa shape index (κ2) is 8.88. The smallest absolute Gasteiger partial charge is 0.416 e. The van der Waals surface area contributed by atoms with Crippen LogP contribution in [0.5, 0.6) is 11.5 Å². The Balaban J connectivity index is 1.51. The largest absolute Gasteiger partial charge is 0.493 e. The number of amides is 1. The number of carbonyl (C=O) groups excluding carboxylic acids is 1. The first-order valence-corrected chi connectivity index (χ1v) is 11.8. The van der Waals surface area contributed by atoms with E-state index in [1.165, 1.54) is 10.5 Å². The lowest BCUT2D eigenvalue weighted by Gasteiger charge is -2.25. The first kappa shape index (κ1) is 22.0. The van der Waals surface area contributed by atoms with Gasteiger partial charge in [-0.3, -0.25) is 4.90 Å². The molecule has 0 aromatic heterocycles. The van der Waals surface area contributed by atoms with E-state index >= 15 is 0 Å². The number of hydrogen-bond acceptors (Lipinski definition) is 5. The van der Waals surface area contributed by atoms with Gasteiger partial charge in [0.05, 0.1) is 11.6 Å². The summed E-state index contributed by atoms with van der Waals surface area (Å²) in [5.74, 6) is 0.241. The molecule has 174 valence electrons. The lowest BCUT2D eigenvalue weighted by atomic mass is 9.86. The summed E-state index contributed by atoms with van der Waals surface area (Å²) < 4.78 is 11.7. The zero-order valence-corrected chi connectivity index (χ0v) is 19.3. The maximum absolute atomic E-state index is 12.8. The lowest BCUT2D eigenvalue weighted by Crippen LogP contribution is -2.42. The number of benzene rings is 2. The number of likely N-dealkylation sites (N-methyl/N-ethyl adjacent to an activating group) is 1. The van der Waals surface area contributed by atoms with Crippen molar-refractivity contribution in [2.45, 2.75) is 37.6 Å². The lowest BCUT2D eigenvalue weighted by molar-refractivity contribution is -0.141. The normalized spacial score (nSPS) is 22.3. The van der Waals surface area contributed by atoms with E-state index in [0.717, 1.165) is 48.4 Å². The van der Waals surface area contributed by atoms with Crippen LogP contribution in [-0.2, 0) is 17.6 Å². The van der Waals surface area contributed by atoms with Gasteiger partial charge in [0.2, 0.25) is 0 Å². The molecule has 2 aromatic carbocycles. The average Bonchev–Trinajstić information content (AvgIpc) is 3.44. The number of nitrogens with zero attached hydrogens (tertiary/aromatic N) is 2. The molecule has 1 fully saturated rings. The summed E-state index contributed by atoms with van der Waals surface area (Å²) >= 11 is 6.54. The number of carboxylic acids is 1. The molecule has 2 unspecified atom stereocenters. The molecule has 0 saturated carbocycles. The van der Waals surface area contributed by atoms with Crippen molar-refractivity contribution in [1.29, 1.82) is 0 Å². The summed E-state index contributed by atoms with van der Waals surface area (Å²) in [7, 11) is 2.10. The van der Waals surface area contributed by atoms with E-state index in [9.17, 15) is 14.7 Å². The predicted molar refractivity (Wildman–Crippen MR) is 124 cm³/mol. The van der Waals surface area contributed by atoms with Crippen LogP contribution in [0.4, 0.5) is 4.79 Å². The summed E-state index contributed by atoms with van der Waals surface area (Å²) in [5, 5.41) is 9.77. The molecule has 2 atom stereocenters. The zero-order chi connectivity index (χ0) is 23.1. The number of ether oxygens (including phenoxy) is 2. The van der Waals surface area contributed by atoms with Gasteiger partial charge in [0, 0.05) is 37.5 Å². The highest BCUT2D eigenvalue weighted by atomic mass is 35.5. The van der Waals surface area contributed by atoms with E-state index in [1.807, 2.05) is 12.1 Å². The van der Waals surface area contributed by atoms with Gasteiger partial charge in [-0.25, -0.2) is 9.59 Å². The van der Waals surface area contributed by atoms with E-state index in [2.05, 4.69) is 30.1 Å². The molecule has 0 radical (unpaired) electrons. The van der Waals surface area contributed by atoms with Crippen molar-refractivity contribution in [3.63, 3.8) is 0 Å². The fourth-order valence-corrected chi connectivity index (χ4v) is 5.44. The Bertz CT molecular complexity index is 1100. The highest BCUT2D eigenvalue weighted by Crippen LogP contribution is 2.42. The number of carbonyl (C=O) groups is 2. The van der Waals surface area contributed by atoms with Crippen molar-refractivity contribution in [3.8, 4) is 11.5 Å². The summed E-state index contributed by atoms with van der Waals surface area (Å²) in [6.07, 6.45) is 2.13. The SMILES string of the molecule is CN1CCc2cc(Cl)c(OC(=O)N3CCCC3C(=O)O)cc2C(c2cccc3c2OCC3)C1. The van der Waals surface area contributed by atoms with Gasteiger partial charge in [-0.15, -0.1) is 0 Å². The predicted octanol–water partition coefficient (Wildman–Crippen LogP) is 3.94. The van der Waals surface area contributed by atoms with Crippen molar-refractivity contribution < 1.29 is 24.2 Å². The van der Waals surface area contributed by atoms with Gasteiger partial charge in [0.15, 0.2) is 5.75 Å². The van der Waals surface area contributed by atoms with Gasteiger partial charge < -0.3 is 19.5 Å². The minimum Gasteiger partial charge on any atom is -0.493 e. The first-order valence-electron chi connectivity index (χ1n) is 11.4. The maximum Gasteiger partial charge on any atom is 0.416 e. The highest BCUT2D eigenvalue weighted by molar-refractivity contribution is 6.32. The number of rotatable bonds is 3. The molecular formula is C25H27ClN2O5. The van der Waals surface area contributed by atoms with Gasteiger partial charge in [0.1, 0.15) is 11.8 Å². The van der Waals surface area contributed by atoms with Gasteiger partial charge in [-0.1, -0.05) is 29.8 Å². The Morgan fingerprint density at radius 2 is 2.00 bits per heavy atom. The second-order valence-corrected chi connectivity index (χ2v) is 9.45. The minimum absolute atomic E-state index is 0.0359. The van der Waals surface area contributed by atoms with Crippen LogP contribution >= 0.6 is 11.6 Å². The molecule has 0 aliphatic carbocycles. The molecule has 1 N–H and O–H groups in total. The minimum atomic E-state index is -1.02. The van der Waals surface area contributed by atoms with Gasteiger partial charge in [-0.05, 0) is 55.1 Å². The van der Waals surface area contributed by atoms with Crippen LogP contribution in [0.1, 0.15) is 41.0 Å². The molecule has 2 aromatic rings. The Morgan fingerprint density at radius 1 is 1.15 bits per heavy atom. The van der Waals surface area contributed by atoms with Crippen LogP contribution < -0.4 is 9.47 Å². The Kier molecular flexibility index (Phi) is 5.93. The standard InChI is InChI=1S/C25H27ClN2O5/c1-27-10-7-16-12-20(26)22(33-25(31)28-9-3-6-21(28)24(29)30)13-18(16)19(14-27)17-5-2-4-15-8-11-32-23(15)17/h2,4-5,12-13,19,21H,3,6-11,14H2,1H3,(H,29,30). The molecule has 0 bridgehead atoms. The number of aliphatic carboxylic acids is 1. The third-order valence-corrected chi connectivity index (χ3v) is 7.21. The molecular weight excluding hydrogens is 444 g/mol. The third kappa shape index (κ3) is 4.15. The van der Waals surface area contributed by atoms with Crippen molar-refractivity contribution in [2.75, 3.05) is 33.3 Å². The van der Waals surface area contributed by atoms with E-state index in [0.29, 0.717) is 31.0 Å². The topological polar surface area (TPSA) is 79.3 Å². The van der Waals surface area contributed by atoms with Crippen LogP contribution in [0.25, 0.3) is 0 Å². The first-order chi connectivity index (χ1) is 15.9. The maximum atomic E-state index is 12.8. The zero-order valence-electron chi connectivity index (χ0n) is 18.6. The molecule has 1 saturated heterocycles. The molecule has 3 aliphatic heterocycles. The summed E-state index contributed by atoms with van der Waals surface area (Å²) in [6.45, 7) is 2.74. The Morgan fingerprint density at radius 3 is 2.82 bits per heavy atom. The molecule has 5 rings (SSSR count). The number of hydrogen-bond donors (Lipinski definition) is 1. The summed E-state index contributed by atoms with van der Waals surface area (Å²) in [6, 6.07) is 9.18. The molecule has 3 aliphatic rings. The molecule has 7 nitrogen and oxygen atoms in total. The number of halogens is 1. The third-order valence-electron chi connectivity index (χ3n) is 6.92. The van der Waals surface area contributed by atoms with Crippen molar-refractivity contribution in [3.05, 3.63) is 57.6 Å². The van der Waals surface area contributed by atoms with Crippen molar-refractivity contribution >= 4 is 23.7 Å². The van der Waals surface area contributed by atoms with Gasteiger partial charge in [0.25, 0.3) is 0 Å². The number of likely N-dealkylation sites (tertiary alicyclic amines) is 1. The second-order valence-electron chi connectivity index (χ2n) is 9.04. The van der Waals surface area contributed by atoms with Crippen molar-refractivity contribution in [2.24, 2.45) is 0 Å². The van der Waals surface area contributed by atoms with Gasteiger partial charge in [-0.2, -0.15) is 0 Å². The monoisotopic (exact) mass is 470 g/mol. The highest BCUT2D eigenvalue weighted by Gasteiger charge is 2.36. The summed E-state index contributed by atoms with van der Waals surface area (Å²) in [5.41, 5.74) is 4.53. The average molecular weight is 471 g/mol. The fraction of sp³-hybridized carbons (Fsp3) is 0.440. The van der Waals surface area contributed by atoms with Crippen LogP contribution in [0.3, 0.4) is 0 Å². The molecule has 33 heavy (non-hydrogen) atoms. The Hall–Kier alpha value is -2.77. The van der Waals surface area contributed by atoms with E-state index in [-0.39, 0.29) is 11.7 Å². The van der Waals surface area contributed by atoms with Crippen LogP contribution in [0, 0.1) is 0 Å². The van der Waals surface area contributed by atoms with E-state index in [1.54, 1.807) is 0 Å². The number of carboxylic acid groups (broad SMARTS) is 1. The molecule has 1 amide bonds. The fourth-order valence-electron chi connectivity index (χ4n) is 5.22. The van der Waals surface area contributed by atoms with E-state index in [4.69, 9.17) is 21.1 Å². The molecule has 0 spiro atoms. The number of fused-ring (bicyclic) bond motifs is 2. The van der Waals surface area contributed by atoms with Crippen LogP contribution in [-0.4, -0.2) is 66.3 Å². The quantitative estimate of drug-likeness (QED) is 0.732.